The number of halogens is 2. The van der Waals surface area contributed by atoms with E-state index in [2.05, 4.69) is 5.32 Å². The molecule has 1 aliphatic carbocycles. The highest BCUT2D eigenvalue weighted by Crippen LogP contribution is 2.48. The maximum atomic E-state index is 12.0. The molecule has 2 rings (SSSR count). The van der Waals surface area contributed by atoms with Gasteiger partial charge in [0.1, 0.15) is 0 Å². The third-order valence-corrected chi connectivity index (χ3v) is 3.61. The molecule has 1 amide bonds. The summed E-state index contributed by atoms with van der Waals surface area (Å²) in [6.45, 7) is 4.30. The smallest absolute Gasteiger partial charge is 0.224 e. The SMILES string of the molecule is CC(C)(CN)NC(=O)C1CC1c1cccc(Cl)c1.Cl. The van der Waals surface area contributed by atoms with Gasteiger partial charge in [0.25, 0.3) is 0 Å². The summed E-state index contributed by atoms with van der Waals surface area (Å²) in [7, 11) is 0. The van der Waals surface area contributed by atoms with Crippen LogP contribution in [0.1, 0.15) is 31.7 Å². The van der Waals surface area contributed by atoms with Crippen molar-refractivity contribution < 1.29 is 4.79 Å². The van der Waals surface area contributed by atoms with E-state index in [1.165, 1.54) is 0 Å². The summed E-state index contributed by atoms with van der Waals surface area (Å²) in [6.07, 6.45) is 0.896. The summed E-state index contributed by atoms with van der Waals surface area (Å²) >= 11 is 5.96. The first-order chi connectivity index (χ1) is 8.43. The maximum Gasteiger partial charge on any atom is 0.224 e. The van der Waals surface area contributed by atoms with Crippen LogP contribution in [0.15, 0.2) is 24.3 Å². The van der Waals surface area contributed by atoms with Crippen LogP contribution in [-0.2, 0) is 4.79 Å². The van der Waals surface area contributed by atoms with E-state index in [4.69, 9.17) is 17.3 Å². The first kappa shape index (κ1) is 16.3. The van der Waals surface area contributed by atoms with Gasteiger partial charge in [-0.25, -0.2) is 0 Å². The lowest BCUT2D eigenvalue weighted by atomic mass is 10.0. The second-order valence-corrected chi connectivity index (χ2v) is 6.02. The van der Waals surface area contributed by atoms with Crippen molar-refractivity contribution in [2.45, 2.75) is 31.7 Å². The third kappa shape index (κ3) is 4.10. The Labute approximate surface area is 125 Å². The summed E-state index contributed by atoms with van der Waals surface area (Å²) in [4.78, 5) is 12.0. The van der Waals surface area contributed by atoms with Crippen LogP contribution in [0.2, 0.25) is 5.02 Å². The van der Waals surface area contributed by atoms with Crippen LogP contribution in [-0.4, -0.2) is 18.0 Å². The molecular formula is C14H20Cl2N2O. The Morgan fingerprint density at radius 3 is 2.79 bits per heavy atom. The topological polar surface area (TPSA) is 55.1 Å². The van der Waals surface area contributed by atoms with E-state index in [-0.39, 0.29) is 29.8 Å². The second kappa shape index (κ2) is 6.12. The van der Waals surface area contributed by atoms with E-state index >= 15 is 0 Å². The second-order valence-electron chi connectivity index (χ2n) is 5.58. The molecule has 1 saturated carbocycles. The van der Waals surface area contributed by atoms with Gasteiger partial charge in [-0.2, -0.15) is 0 Å². The maximum absolute atomic E-state index is 12.0. The Morgan fingerprint density at radius 1 is 1.53 bits per heavy atom. The Balaban J connectivity index is 0.00000180. The molecule has 0 aromatic heterocycles. The Bertz CT molecular complexity index is 463. The highest BCUT2D eigenvalue weighted by atomic mass is 35.5. The highest BCUT2D eigenvalue weighted by molar-refractivity contribution is 6.30. The monoisotopic (exact) mass is 302 g/mol. The van der Waals surface area contributed by atoms with Gasteiger partial charge in [-0.1, -0.05) is 23.7 Å². The average Bonchev–Trinajstić information content (AvgIpc) is 3.08. The molecule has 3 N–H and O–H groups in total. The summed E-state index contributed by atoms with van der Waals surface area (Å²) < 4.78 is 0. The normalized spacial score (nSPS) is 21.5. The summed E-state index contributed by atoms with van der Waals surface area (Å²) in [5, 5.41) is 3.71. The number of rotatable bonds is 4. The molecular weight excluding hydrogens is 283 g/mol. The van der Waals surface area contributed by atoms with Gasteiger partial charge < -0.3 is 11.1 Å². The first-order valence-electron chi connectivity index (χ1n) is 6.20. The molecule has 2 atom stereocenters. The van der Waals surface area contributed by atoms with Gasteiger partial charge in [-0.3, -0.25) is 4.79 Å². The first-order valence-corrected chi connectivity index (χ1v) is 6.58. The van der Waals surface area contributed by atoms with E-state index in [0.717, 1.165) is 17.0 Å². The van der Waals surface area contributed by atoms with Crippen molar-refractivity contribution in [3.05, 3.63) is 34.9 Å². The molecule has 1 aromatic carbocycles. The molecule has 1 aliphatic rings. The lowest BCUT2D eigenvalue weighted by Crippen LogP contribution is -2.49. The molecule has 0 bridgehead atoms. The number of carbonyl (C=O) groups is 1. The van der Waals surface area contributed by atoms with Gasteiger partial charge >= 0.3 is 0 Å². The van der Waals surface area contributed by atoms with E-state index in [1.54, 1.807) is 0 Å². The molecule has 5 heteroatoms. The van der Waals surface area contributed by atoms with Gasteiger partial charge in [0.2, 0.25) is 5.91 Å². The number of nitrogens with one attached hydrogen (secondary N) is 1. The molecule has 0 aliphatic heterocycles. The average molecular weight is 303 g/mol. The summed E-state index contributed by atoms with van der Waals surface area (Å²) in [5.74, 6) is 0.460. The Kier molecular flexibility index (Phi) is 5.25. The van der Waals surface area contributed by atoms with Crippen LogP contribution in [0.3, 0.4) is 0 Å². The molecule has 0 radical (unpaired) electrons. The van der Waals surface area contributed by atoms with E-state index < -0.39 is 0 Å². The van der Waals surface area contributed by atoms with Crippen molar-refractivity contribution in [3.63, 3.8) is 0 Å². The molecule has 0 saturated heterocycles. The van der Waals surface area contributed by atoms with Gasteiger partial charge in [0.05, 0.1) is 0 Å². The van der Waals surface area contributed by atoms with Crippen LogP contribution in [0, 0.1) is 5.92 Å². The highest BCUT2D eigenvalue weighted by Gasteiger charge is 2.44. The van der Waals surface area contributed by atoms with Gasteiger partial charge in [0.15, 0.2) is 0 Å². The summed E-state index contributed by atoms with van der Waals surface area (Å²) in [5.41, 5.74) is 6.42. The number of carbonyl (C=O) groups excluding carboxylic acids is 1. The quantitative estimate of drug-likeness (QED) is 0.898. The zero-order valence-corrected chi connectivity index (χ0v) is 12.7. The van der Waals surface area contributed by atoms with Crippen molar-refractivity contribution in [1.82, 2.24) is 5.32 Å². The van der Waals surface area contributed by atoms with Gasteiger partial charge in [-0.15, -0.1) is 12.4 Å². The van der Waals surface area contributed by atoms with Crippen molar-refractivity contribution in [3.8, 4) is 0 Å². The zero-order valence-electron chi connectivity index (χ0n) is 11.2. The van der Waals surface area contributed by atoms with Crippen molar-refractivity contribution in [2.24, 2.45) is 11.7 Å². The van der Waals surface area contributed by atoms with Crippen LogP contribution < -0.4 is 11.1 Å². The fourth-order valence-electron chi connectivity index (χ4n) is 2.07. The van der Waals surface area contributed by atoms with E-state index in [9.17, 15) is 4.79 Å². The van der Waals surface area contributed by atoms with Gasteiger partial charge in [0, 0.05) is 23.0 Å². The molecule has 1 aromatic rings. The van der Waals surface area contributed by atoms with Gasteiger partial charge in [-0.05, 0) is 43.9 Å². The van der Waals surface area contributed by atoms with E-state index in [1.807, 2.05) is 38.1 Å². The summed E-state index contributed by atoms with van der Waals surface area (Å²) in [6, 6.07) is 7.74. The standard InChI is InChI=1S/C14H19ClN2O.ClH/c1-14(2,8-16)17-13(18)12-7-11(12)9-4-3-5-10(15)6-9;/h3-6,11-12H,7-8,16H2,1-2H3,(H,17,18);1H. The fraction of sp³-hybridized carbons (Fsp3) is 0.500. The number of amides is 1. The fourth-order valence-corrected chi connectivity index (χ4v) is 2.27. The largest absolute Gasteiger partial charge is 0.350 e. The molecule has 1 fully saturated rings. The molecule has 106 valence electrons. The number of hydrogen-bond donors (Lipinski definition) is 2. The van der Waals surface area contributed by atoms with Crippen LogP contribution in [0.25, 0.3) is 0 Å². The lowest BCUT2D eigenvalue weighted by Gasteiger charge is -2.24. The molecule has 19 heavy (non-hydrogen) atoms. The Morgan fingerprint density at radius 2 is 2.21 bits per heavy atom. The Hall–Kier alpha value is -0.770. The van der Waals surface area contributed by atoms with E-state index in [0.29, 0.717) is 12.5 Å². The minimum Gasteiger partial charge on any atom is -0.350 e. The molecule has 3 nitrogen and oxygen atoms in total. The van der Waals surface area contributed by atoms with Crippen LogP contribution in [0.5, 0.6) is 0 Å². The number of benzene rings is 1. The number of hydrogen-bond acceptors (Lipinski definition) is 2. The van der Waals surface area contributed by atoms with Crippen molar-refractivity contribution >= 4 is 29.9 Å². The molecule has 2 unspecified atom stereocenters. The minimum atomic E-state index is -0.335. The third-order valence-electron chi connectivity index (χ3n) is 3.38. The van der Waals surface area contributed by atoms with Crippen molar-refractivity contribution in [2.75, 3.05) is 6.54 Å². The lowest BCUT2D eigenvalue weighted by molar-refractivity contribution is -0.123. The minimum absolute atomic E-state index is 0. The zero-order chi connectivity index (χ0) is 13.3. The van der Waals surface area contributed by atoms with Crippen LogP contribution >= 0.6 is 24.0 Å². The predicted octanol–water partition coefficient (Wildman–Crippen LogP) is 2.72. The molecule has 0 spiro atoms. The number of nitrogens with two attached hydrogens (primary N) is 1. The predicted molar refractivity (Wildman–Crippen MR) is 80.8 cm³/mol. The molecule has 0 heterocycles. The van der Waals surface area contributed by atoms with Crippen molar-refractivity contribution in [1.29, 1.82) is 0 Å². The van der Waals surface area contributed by atoms with Crippen LogP contribution in [0.4, 0.5) is 0 Å².